The topological polar surface area (TPSA) is 99.0 Å². The molecule has 1 aromatic carbocycles. The van der Waals surface area contributed by atoms with Crippen molar-refractivity contribution in [3.05, 3.63) is 34.9 Å². The standard InChI is InChI=1S/C16H25NO5/c1-10-7-11(9-18)5-6-12(10)14(20)13(19)8-17-15(21)22-16(2,3)4/h5-7,13-14,18-20H,8-9H2,1-4H3,(H,17,21). The molecular formula is C16H25NO5. The maximum absolute atomic E-state index is 11.5. The predicted molar refractivity (Wildman–Crippen MR) is 82.3 cm³/mol. The molecule has 0 aliphatic carbocycles. The van der Waals surface area contributed by atoms with Gasteiger partial charge in [-0.1, -0.05) is 18.2 Å². The average molecular weight is 311 g/mol. The average Bonchev–Trinajstić information content (AvgIpc) is 2.42. The first-order chi connectivity index (χ1) is 10.1. The van der Waals surface area contributed by atoms with E-state index in [1.807, 2.05) is 0 Å². The van der Waals surface area contributed by atoms with Crippen LogP contribution in [-0.4, -0.2) is 39.7 Å². The minimum absolute atomic E-state index is 0.0834. The second kappa shape index (κ2) is 7.58. The lowest BCUT2D eigenvalue weighted by Crippen LogP contribution is -2.39. The van der Waals surface area contributed by atoms with Gasteiger partial charge in [0.05, 0.1) is 6.61 Å². The van der Waals surface area contributed by atoms with Crippen LogP contribution in [0.15, 0.2) is 18.2 Å². The Balaban J connectivity index is 2.62. The number of ether oxygens (including phenoxy) is 1. The molecule has 6 nitrogen and oxygen atoms in total. The molecule has 0 radical (unpaired) electrons. The first-order valence-electron chi connectivity index (χ1n) is 7.17. The van der Waals surface area contributed by atoms with Crippen LogP contribution >= 0.6 is 0 Å². The highest BCUT2D eigenvalue weighted by molar-refractivity contribution is 5.67. The van der Waals surface area contributed by atoms with Crippen molar-refractivity contribution in [1.29, 1.82) is 0 Å². The monoisotopic (exact) mass is 311 g/mol. The van der Waals surface area contributed by atoms with Crippen molar-refractivity contribution < 1.29 is 24.9 Å². The van der Waals surface area contributed by atoms with E-state index in [1.54, 1.807) is 45.9 Å². The number of rotatable bonds is 5. The molecule has 1 aromatic rings. The van der Waals surface area contributed by atoms with Crippen molar-refractivity contribution in [2.45, 2.75) is 52.1 Å². The van der Waals surface area contributed by atoms with Crippen LogP contribution in [0, 0.1) is 6.92 Å². The Morgan fingerprint density at radius 1 is 1.32 bits per heavy atom. The quantitative estimate of drug-likeness (QED) is 0.659. The highest BCUT2D eigenvalue weighted by Crippen LogP contribution is 2.22. The lowest BCUT2D eigenvalue weighted by atomic mass is 9.97. The number of hydrogen-bond acceptors (Lipinski definition) is 5. The van der Waals surface area contributed by atoms with Crippen molar-refractivity contribution in [3.63, 3.8) is 0 Å². The molecule has 0 heterocycles. The third kappa shape index (κ3) is 5.63. The van der Waals surface area contributed by atoms with Gasteiger partial charge in [-0.3, -0.25) is 0 Å². The van der Waals surface area contributed by atoms with E-state index in [4.69, 9.17) is 9.84 Å². The summed E-state index contributed by atoms with van der Waals surface area (Å²) in [5, 5.41) is 31.7. The van der Waals surface area contributed by atoms with Crippen LogP contribution in [0.4, 0.5) is 4.79 Å². The third-order valence-electron chi connectivity index (χ3n) is 3.05. The van der Waals surface area contributed by atoms with Crippen molar-refractivity contribution in [2.24, 2.45) is 0 Å². The lowest BCUT2D eigenvalue weighted by molar-refractivity contribution is 0.0126. The van der Waals surface area contributed by atoms with E-state index in [0.717, 1.165) is 11.1 Å². The molecule has 124 valence electrons. The van der Waals surface area contributed by atoms with Crippen LogP contribution < -0.4 is 5.32 Å². The minimum atomic E-state index is -1.16. The van der Waals surface area contributed by atoms with E-state index < -0.39 is 23.9 Å². The number of aryl methyl sites for hydroxylation is 1. The Morgan fingerprint density at radius 2 is 1.95 bits per heavy atom. The minimum Gasteiger partial charge on any atom is -0.444 e. The van der Waals surface area contributed by atoms with E-state index in [-0.39, 0.29) is 13.2 Å². The van der Waals surface area contributed by atoms with Crippen LogP contribution in [-0.2, 0) is 11.3 Å². The van der Waals surface area contributed by atoms with E-state index in [9.17, 15) is 15.0 Å². The number of carbonyl (C=O) groups excluding carboxylic acids is 1. The Morgan fingerprint density at radius 3 is 2.45 bits per heavy atom. The zero-order valence-electron chi connectivity index (χ0n) is 13.5. The summed E-state index contributed by atoms with van der Waals surface area (Å²) in [6, 6.07) is 5.08. The first kappa shape index (κ1) is 18.4. The molecule has 1 amide bonds. The molecule has 0 saturated carbocycles. The van der Waals surface area contributed by atoms with Crippen molar-refractivity contribution in [2.75, 3.05) is 6.54 Å². The molecule has 2 atom stereocenters. The van der Waals surface area contributed by atoms with Gasteiger partial charge in [0, 0.05) is 6.54 Å². The fraction of sp³-hybridized carbons (Fsp3) is 0.562. The number of aliphatic hydroxyl groups is 3. The molecule has 0 spiro atoms. The van der Waals surface area contributed by atoms with Gasteiger partial charge in [0.15, 0.2) is 0 Å². The molecule has 6 heteroatoms. The SMILES string of the molecule is Cc1cc(CO)ccc1C(O)C(O)CNC(=O)OC(C)(C)C. The largest absolute Gasteiger partial charge is 0.444 e. The number of carbonyl (C=O) groups is 1. The van der Waals surface area contributed by atoms with E-state index in [0.29, 0.717) is 5.56 Å². The van der Waals surface area contributed by atoms with Crippen LogP contribution in [0.3, 0.4) is 0 Å². The van der Waals surface area contributed by atoms with Crippen LogP contribution in [0.5, 0.6) is 0 Å². The van der Waals surface area contributed by atoms with Crippen molar-refractivity contribution in [3.8, 4) is 0 Å². The normalized spacial score (nSPS) is 14.3. The van der Waals surface area contributed by atoms with Gasteiger partial charge in [-0.05, 0) is 44.4 Å². The van der Waals surface area contributed by atoms with Crippen LogP contribution in [0.25, 0.3) is 0 Å². The number of nitrogens with one attached hydrogen (secondary N) is 1. The van der Waals surface area contributed by atoms with Crippen LogP contribution in [0.1, 0.15) is 43.6 Å². The van der Waals surface area contributed by atoms with Gasteiger partial charge >= 0.3 is 6.09 Å². The smallest absolute Gasteiger partial charge is 0.407 e. The Hall–Kier alpha value is -1.63. The van der Waals surface area contributed by atoms with Gasteiger partial charge in [-0.2, -0.15) is 0 Å². The summed E-state index contributed by atoms with van der Waals surface area (Å²) >= 11 is 0. The molecule has 0 aliphatic heterocycles. The van der Waals surface area contributed by atoms with Crippen molar-refractivity contribution in [1.82, 2.24) is 5.32 Å². The third-order valence-corrected chi connectivity index (χ3v) is 3.05. The fourth-order valence-electron chi connectivity index (χ4n) is 1.99. The predicted octanol–water partition coefficient (Wildman–Crippen LogP) is 1.41. The van der Waals surface area contributed by atoms with Crippen molar-refractivity contribution >= 4 is 6.09 Å². The molecule has 0 saturated heterocycles. The summed E-state index contributed by atoms with van der Waals surface area (Å²) in [4.78, 5) is 11.5. The van der Waals surface area contributed by atoms with Gasteiger partial charge < -0.3 is 25.4 Å². The highest BCUT2D eigenvalue weighted by atomic mass is 16.6. The van der Waals surface area contributed by atoms with E-state index >= 15 is 0 Å². The molecule has 2 unspecified atom stereocenters. The Labute approximate surface area is 130 Å². The molecular weight excluding hydrogens is 286 g/mol. The zero-order chi connectivity index (χ0) is 16.9. The molecule has 0 fully saturated rings. The summed E-state index contributed by atoms with van der Waals surface area (Å²) in [6.45, 7) is 6.79. The number of benzene rings is 1. The van der Waals surface area contributed by atoms with Gasteiger partial charge in [0.25, 0.3) is 0 Å². The molecule has 22 heavy (non-hydrogen) atoms. The number of alkyl carbamates (subject to hydrolysis) is 1. The van der Waals surface area contributed by atoms with Gasteiger partial charge in [-0.25, -0.2) is 4.79 Å². The summed E-state index contributed by atoms with van der Waals surface area (Å²) < 4.78 is 5.06. The maximum Gasteiger partial charge on any atom is 0.407 e. The zero-order valence-corrected chi connectivity index (χ0v) is 13.5. The summed E-state index contributed by atoms with van der Waals surface area (Å²) in [5.41, 5.74) is 1.42. The second-order valence-electron chi connectivity index (χ2n) is 6.24. The Kier molecular flexibility index (Phi) is 6.34. The van der Waals surface area contributed by atoms with Gasteiger partial charge in [0.2, 0.25) is 0 Å². The number of amides is 1. The Bertz CT molecular complexity index is 510. The van der Waals surface area contributed by atoms with Crippen LogP contribution in [0.2, 0.25) is 0 Å². The summed E-state index contributed by atoms with van der Waals surface area (Å²) in [7, 11) is 0. The second-order valence-corrected chi connectivity index (χ2v) is 6.24. The van der Waals surface area contributed by atoms with E-state index in [2.05, 4.69) is 5.32 Å². The molecule has 4 N–H and O–H groups in total. The summed E-state index contributed by atoms with van der Waals surface area (Å²) in [5.74, 6) is 0. The first-order valence-corrected chi connectivity index (χ1v) is 7.17. The van der Waals surface area contributed by atoms with E-state index in [1.165, 1.54) is 0 Å². The summed E-state index contributed by atoms with van der Waals surface area (Å²) in [6.07, 6.45) is -2.94. The number of hydrogen-bond donors (Lipinski definition) is 4. The highest BCUT2D eigenvalue weighted by Gasteiger charge is 2.22. The van der Waals surface area contributed by atoms with Gasteiger partial charge in [-0.15, -0.1) is 0 Å². The number of aliphatic hydroxyl groups excluding tert-OH is 3. The molecule has 0 aliphatic rings. The molecule has 0 bridgehead atoms. The molecule has 0 aromatic heterocycles. The molecule has 1 rings (SSSR count). The maximum atomic E-state index is 11.5. The fourth-order valence-corrected chi connectivity index (χ4v) is 1.99. The lowest BCUT2D eigenvalue weighted by Gasteiger charge is -2.23. The van der Waals surface area contributed by atoms with Gasteiger partial charge in [0.1, 0.15) is 17.8 Å².